The Balaban J connectivity index is 1.75. The number of benzene rings is 2. The molecule has 0 bridgehead atoms. The van der Waals surface area contributed by atoms with Crippen molar-refractivity contribution in [2.45, 2.75) is 0 Å². The fourth-order valence-corrected chi connectivity index (χ4v) is 2.39. The van der Waals surface area contributed by atoms with Crippen LogP contribution < -0.4 is 15.0 Å². The van der Waals surface area contributed by atoms with Gasteiger partial charge in [0.15, 0.2) is 6.61 Å². The average molecular weight is 333 g/mol. The highest BCUT2D eigenvalue weighted by molar-refractivity contribution is 6.31. The Morgan fingerprint density at radius 2 is 2.13 bits per heavy atom. The molecule has 0 radical (unpaired) electrons. The first-order chi connectivity index (χ1) is 11.0. The van der Waals surface area contributed by atoms with Crippen molar-refractivity contribution in [1.82, 2.24) is 0 Å². The maximum atomic E-state index is 13.1. The smallest absolute Gasteiger partial charge is 0.264 e. The Bertz CT molecular complexity index is 792. The number of likely N-dealkylation sites (N-methyl/N-ethyl adjacent to an activating group) is 1. The van der Waals surface area contributed by atoms with Crippen LogP contribution in [0.1, 0.15) is 5.56 Å². The van der Waals surface area contributed by atoms with E-state index in [9.17, 15) is 9.18 Å². The molecule has 1 amide bonds. The van der Waals surface area contributed by atoms with E-state index in [1.54, 1.807) is 24.2 Å². The molecule has 118 valence electrons. The molecule has 0 saturated heterocycles. The van der Waals surface area contributed by atoms with Crippen LogP contribution in [0, 0.1) is 5.82 Å². The van der Waals surface area contributed by atoms with Crippen LogP contribution in [0.15, 0.2) is 42.6 Å². The fourth-order valence-electron chi connectivity index (χ4n) is 2.21. The Kier molecular flexibility index (Phi) is 4.21. The topological polar surface area (TPSA) is 41.6 Å². The van der Waals surface area contributed by atoms with E-state index in [0.29, 0.717) is 11.4 Å². The van der Waals surface area contributed by atoms with Gasteiger partial charge >= 0.3 is 0 Å². The van der Waals surface area contributed by atoms with Gasteiger partial charge in [0.25, 0.3) is 5.91 Å². The SMILES string of the molecule is CN1C(=O)COc2ccc(/C=C\Nc3ccc(F)c(Cl)c3)cc21. The van der Waals surface area contributed by atoms with E-state index in [-0.39, 0.29) is 17.5 Å². The number of nitrogens with zero attached hydrogens (tertiary/aromatic N) is 1. The molecular weight excluding hydrogens is 319 g/mol. The number of hydrogen-bond donors (Lipinski definition) is 1. The normalized spacial score (nSPS) is 13.9. The summed E-state index contributed by atoms with van der Waals surface area (Å²) in [5.41, 5.74) is 2.31. The van der Waals surface area contributed by atoms with Gasteiger partial charge in [-0.15, -0.1) is 0 Å². The van der Waals surface area contributed by atoms with Crippen molar-refractivity contribution < 1.29 is 13.9 Å². The van der Waals surface area contributed by atoms with E-state index in [2.05, 4.69) is 5.32 Å². The van der Waals surface area contributed by atoms with Gasteiger partial charge < -0.3 is 15.0 Å². The minimum atomic E-state index is -0.455. The van der Waals surface area contributed by atoms with Crippen LogP contribution in [0.3, 0.4) is 0 Å². The van der Waals surface area contributed by atoms with Crippen LogP contribution in [0.2, 0.25) is 5.02 Å². The number of ether oxygens (including phenoxy) is 1. The number of anilines is 2. The van der Waals surface area contributed by atoms with Crippen LogP contribution >= 0.6 is 11.6 Å². The maximum absolute atomic E-state index is 13.1. The predicted octanol–water partition coefficient (Wildman–Crippen LogP) is 3.92. The molecule has 0 atom stereocenters. The monoisotopic (exact) mass is 332 g/mol. The highest BCUT2D eigenvalue weighted by atomic mass is 35.5. The van der Waals surface area contributed by atoms with Crippen LogP contribution in [-0.2, 0) is 4.79 Å². The van der Waals surface area contributed by atoms with Crippen molar-refractivity contribution in [2.75, 3.05) is 23.9 Å². The summed E-state index contributed by atoms with van der Waals surface area (Å²) in [6.45, 7) is 0.0611. The van der Waals surface area contributed by atoms with Gasteiger partial charge in [-0.05, 0) is 42.0 Å². The largest absolute Gasteiger partial charge is 0.482 e. The second kappa shape index (κ2) is 6.30. The van der Waals surface area contributed by atoms with Crippen LogP contribution in [0.25, 0.3) is 6.08 Å². The highest BCUT2D eigenvalue weighted by Gasteiger charge is 2.21. The molecule has 2 aromatic rings. The number of rotatable bonds is 3. The van der Waals surface area contributed by atoms with E-state index < -0.39 is 5.82 Å². The molecule has 0 spiro atoms. The lowest BCUT2D eigenvalue weighted by atomic mass is 10.1. The Morgan fingerprint density at radius 1 is 1.30 bits per heavy atom. The molecule has 1 heterocycles. The van der Waals surface area contributed by atoms with Gasteiger partial charge in [0.2, 0.25) is 0 Å². The standard InChI is InChI=1S/C17H14ClFN2O2/c1-21-15-8-11(2-5-16(15)23-10-17(21)22)6-7-20-12-3-4-14(19)13(18)9-12/h2-9,20H,10H2,1H3/b7-6-. The van der Waals surface area contributed by atoms with Gasteiger partial charge in [-0.1, -0.05) is 17.7 Å². The molecule has 0 aliphatic carbocycles. The fraction of sp³-hybridized carbons (Fsp3) is 0.118. The first-order valence-corrected chi connectivity index (χ1v) is 7.34. The number of carbonyl (C=O) groups is 1. The first-order valence-electron chi connectivity index (χ1n) is 6.96. The number of amides is 1. The van der Waals surface area contributed by atoms with Gasteiger partial charge in [-0.2, -0.15) is 0 Å². The third kappa shape index (κ3) is 3.29. The molecule has 0 fully saturated rings. The van der Waals surface area contributed by atoms with E-state index in [1.807, 2.05) is 24.3 Å². The highest BCUT2D eigenvalue weighted by Crippen LogP contribution is 2.32. The summed E-state index contributed by atoms with van der Waals surface area (Å²) >= 11 is 5.73. The van der Waals surface area contributed by atoms with Crippen molar-refractivity contribution in [1.29, 1.82) is 0 Å². The van der Waals surface area contributed by atoms with Crippen LogP contribution in [0.5, 0.6) is 5.75 Å². The molecule has 6 heteroatoms. The number of carbonyl (C=O) groups excluding carboxylic acids is 1. The average Bonchev–Trinajstić information content (AvgIpc) is 2.55. The maximum Gasteiger partial charge on any atom is 0.264 e. The zero-order valence-corrected chi connectivity index (χ0v) is 13.1. The molecule has 1 N–H and O–H groups in total. The van der Waals surface area contributed by atoms with Crippen molar-refractivity contribution in [2.24, 2.45) is 0 Å². The summed E-state index contributed by atoms with van der Waals surface area (Å²) in [5, 5.41) is 3.08. The minimum Gasteiger partial charge on any atom is -0.482 e. The molecular formula is C17H14ClFN2O2. The zero-order valence-electron chi connectivity index (χ0n) is 12.3. The number of hydrogen-bond acceptors (Lipinski definition) is 3. The second-order valence-corrected chi connectivity index (χ2v) is 5.48. The summed E-state index contributed by atoms with van der Waals surface area (Å²) in [5.74, 6) is 0.142. The van der Waals surface area contributed by atoms with Gasteiger partial charge in [-0.3, -0.25) is 4.79 Å². The van der Waals surface area contributed by atoms with Crippen molar-refractivity contribution in [3.05, 3.63) is 59.0 Å². The number of halogens is 2. The van der Waals surface area contributed by atoms with Gasteiger partial charge in [0.05, 0.1) is 10.7 Å². The molecule has 4 nitrogen and oxygen atoms in total. The quantitative estimate of drug-likeness (QED) is 0.926. The lowest BCUT2D eigenvalue weighted by molar-refractivity contribution is -0.120. The van der Waals surface area contributed by atoms with E-state index in [1.165, 1.54) is 12.1 Å². The van der Waals surface area contributed by atoms with Gasteiger partial charge in [0.1, 0.15) is 11.6 Å². The third-order valence-corrected chi connectivity index (χ3v) is 3.80. The van der Waals surface area contributed by atoms with E-state index >= 15 is 0 Å². The number of fused-ring (bicyclic) bond motifs is 1. The lowest BCUT2D eigenvalue weighted by Gasteiger charge is -2.26. The Hall–Kier alpha value is -2.53. The van der Waals surface area contributed by atoms with E-state index in [0.717, 1.165) is 11.3 Å². The molecule has 1 aliphatic rings. The summed E-state index contributed by atoms with van der Waals surface area (Å²) in [4.78, 5) is 13.2. The molecule has 0 saturated carbocycles. The molecule has 1 aliphatic heterocycles. The van der Waals surface area contributed by atoms with Crippen molar-refractivity contribution in [3.63, 3.8) is 0 Å². The molecule has 3 rings (SSSR count). The molecule has 0 unspecified atom stereocenters. The van der Waals surface area contributed by atoms with Crippen LogP contribution in [-0.4, -0.2) is 19.6 Å². The predicted molar refractivity (Wildman–Crippen MR) is 89.4 cm³/mol. The Morgan fingerprint density at radius 3 is 2.91 bits per heavy atom. The Labute approximate surface area is 138 Å². The molecule has 2 aromatic carbocycles. The van der Waals surface area contributed by atoms with Gasteiger partial charge in [-0.25, -0.2) is 4.39 Å². The lowest BCUT2D eigenvalue weighted by Crippen LogP contribution is -2.35. The third-order valence-electron chi connectivity index (χ3n) is 3.51. The van der Waals surface area contributed by atoms with Gasteiger partial charge in [0, 0.05) is 18.9 Å². The second-order valence-electron chi connectivity index (χ2n) is 5.08. The first kappa shape index (κ1) is 15.4. The van der Waals surface area contributed by atoms with Crippen molar-refractivity contribution in [3.8, 4) is 5.75 Å². The van der Waals surface area contributed by atoms with E-state index in [4.69, 9.17) is 16.3 Å². The minimum absolute atomic E-state index is 0.0611. The summed E-state index contributed by atoms with van der Waals surface area (Å²) in [6.07, 6.45) is 3.56. The zero-order chi connectivity index (χ0) is 16.4. The molecule has 0 aromatic heterocycles. The number of nitrogens with one attached hydrogen (secondary N) is 1. The van der Waals surface area contributed by atoms with Crippen molar-refractivity contribution >= 4 is 35.0 Å². The summed E-state index contributed by atoms with van der Waals surface area (Å²) in [6, 6.07) is 9.98. The summed E-state index contributed by atoms with van der Waals surface area (Å²) < 4.78 is 18.5. The van der Waals surface area contributed by atoms with Crippen LogP contribution in [0.4, 0.5) is 15.8 Å². The summed E-state index contributed by atoms with van der Waals surface area (Å²) in [7, 11) is 1.72. The molecule has 23 heavy (non-hydrogen) atoms.